The lowest BCUT2D eigenvalue weighted by Gasteiger charge is -2.57. The number of rotatable bonds is 2. The van der Waals surface area contributed by atoms with Gasteiger partial charge in [0.15, 0.2) is 5.78 Å². The van der Waals surface area contributed by atoms with Gasteiger partial charge in [-0.05, 0) is 79.8 Å². The smallest absolute Gasteiger partial charge is 0.306 e. The van der Waals surface area contributed by atoms with Gasteiger partial charge in [-0.2, -0.15) is 0 Å². The standard InChI is InChI=1S/C24H28O3/c1-2-9-23-10-7-17-16-6-4-15(25)12-14(16)3-5-18(17)22(23)19-13-20(19)24(23)11-8-21(26)27-24/h2-3,5,12,16-20,22H,1,4,6-11,13H2/t16?,17?,18?,19-,20+,22?,23?,24?/m0/s1. The fraction of sp³-hybridized carbons (Fsp3) is 0.667. The Bertz CT molecular complexity index is 806. The Kier molecular flexibility index (Phi) is 3.17. The Morgan fingerprint density at radius 2 is 2.07 bits per heavy atom. The topological polar surface area (TPSA) is 43.4 Å². The molecule has 5 aliphatic carbocycles. The molecular formula is C24H28O3. The molecule has 27 heavy (non-hydrogen) atoms. The van der Waals surface area contributed by atoms with Crippen molar-refractivity contribution in [3.63, 3.8) is 0 Å². The lowest BCUT2D eigenvalue weighted by Crippen LogP contribution is -2.55. The third-order valence-electron chi connectivity index (χ3n) is 9.20. The Morgan fingerprint density at radius 3 is 2.85 bits per heavy atom. The number of esters is 1. The predicted octanol–water partition coefficient (Wildman–Crippen LogP) is 4.39. The second-order valence-electron chi connectivity index (χ2n) is 9.94. The van der Waals surface area contributed by atoms with Crippen LogP contribution < -0.4 is 0 Å². The molecule has 0 radical (unpaired) electrons. The third kappa shape index (κ3) is 1.89. The van der Waals surface area contributed by atoms with Crippen molar-refractivity contribution >= 4 is 11.8 Å². The monoisotopic (exact) mass is 364 g/mol. The molecular weight excluding hydrogens is 336 g/mol. The van der Waals surface area contributed by atoms with Crippen molar-refractivity contribution in [2.24, 2.45) is 40.9 Å². The van der Waals surface area contributed by atoms with E-state index in [2.05, 4.69) is 24.8 Å². The summed E-state index contributed by atoms with van der Waals surface area (Å²) < 4.78 is 6.22. The van der Waals surface area contributed by atoms with Gasteiger partial charge < -0.3 is 4.74 Å². The van der Waals surface area contributed by atoms with Crippen LogP contribution in [0.5, 0.6) is 0 Å². The van der Waals surface area contributed by atoms with Crippen LogP contribution in [-0.2, 0) is 14.3 Å². The van der Waals surface area contributed by atoms with Crippen molar-refractivity contribution in [2.75, 3.05) is 0 Å². The third-order valence-corrected chi connectivity index (χ3v) is 9.20. The van der Waals surface area contributed by atoms with Gasteiger partial charge in [-0.25, -0.2) is 0 Å². The molecule has 6 rings (SSSR count). The minimum atomic E-state index is -0.217. The van der Waals surface area contributed by atoms with Crippen molar-refractivity contribution in [1.82, 2.24) is 0 Å². The summed E-state index contributed by atoms with van der Waals surface area (Å²) in [5.74, 6) is 3.99. The van der Waals surface area contributed by atoms with E-state index in [0.29, 0.717) is 54.1 Å². The van der Waals surface area contributed by atoms with Crippen LogP contribution in [0.25, 0.3) is 0 Å². The molecule has 8 atom stereocenters. The zero-order chi connectivity index (χ0) is 18.4. The number of ketones is 1. The summed E-state index contributed by atoms with van der Waals surface area (Å²) in [6, 6.07) is 0. The molecule has 6 unspecified atom stereocenters. The van der Waals surface area contributed by atoms with Gasteiger partial charge in [0.25, 0.3) is 0 Å². The van der Waals surface area contributed by atoms with Crippen LogP contribution in [0, 0.1) is 40.9 Å². The second kappa shape index (κ2) is 5.24. The van der Waals surface area contributed by atoms with E-state index in [1.54, 1.807) is 0 Å². The predicted molar refractivity (Wildman–Crippen MR) is 102 cm³/mol. The van der Waals surface area contributed by atoms with Crippen LogP contribution >= 0.6 is 0 Å². The number of carbonyl (C=O) groups excluding carboxylic acids is 2. The Hall–Kier alpha value is -1.64. The maximum absolute atomic E-state index is 12.2. The number of carbonyl (C=O) groups is 2. The van der Waals surface area contributed by atoms with Crippen LogP contribution in [0.2, 0.25) is 0 Å². The summed E-state index contributed by atoms with van der Waals surface area (Å²) in [6.07, 6.45) is 16.5. The molecule has 3 nitrogen and oxygen atoms in total. The molecule has 1 saturated heterocycles. The largest absolute Gasteiger partial charge is 0.458 e. The van der Waals surface area contributed by atoms with Crippen LogP contribution in [-0.4, -0.2) is 17.4 Å². The van der Waals surface area contributed by atoms with Gasteiger partial charge in [0.05, 0.1) is 0 Å². The molecule has 3 saturated carbocycles. The van der Waals surface area contributed by atoms with Crippen LogP contribution in [0.1, 0.15) is 51.4 Å². The molecule has 1 spiro atoms. The molecule has 1 aliphatic heterocycles. The van der Waals surface area contributed by atoms with Crippen LogP contribution in [0.3, 0.4) is 0 Å². The minimum absolute atomic E-state index is 0.0158. The zero-order valence-corrected chi connectivity index (χ0v) is 15.9. The molecule has 0 aromatic heterocycles. The average molecular weight is 364 g/mol. The minimum Gasteiger partial charge on any atom is -0.458 e. The molecule has 1 heterocycles. The Morgan fingerprint density at radius 1 is 1.19 bits per heavy atom. The zero-order valence-electron chi connectivity index (χ0n) is 15.9. The molecule has 0 aromatic rings. The Labute approximate surface area is 160 Å². The number of ether oxygens (including phenoxy) is 1. The first-order valence-corrected chi connectivity index (χ1v) is 10.8. The summed E-state index contributed by atoms with van der Waals surface area (Å²) in [5, 5.41) is 0. The van der Waals surface area contributed by atoms with Gasteiger partial charge in [-0.15, -0.1) is 6.58 Å². The van der Waals surface area contributed by atoms with Crippen molar-refractivity contribution in [3.05, 3.63) is 36.5 Å². The molecule has 3 heteroatoms. The van der Waals surface area contributed by atoms with Crippen molar-refractivity contribution < 1.29 is 14.3 Å². The second-order valence-corrected chi connectivity index (χ2v) is 9.94. The highest BCUT2D eigenvalue weighted by molar-refractivity contribution is 5.92. The summed E-state index contributed by atoms with van der Waals surface area (Å²) in [7, 11) is 0. The van der Waals surface area contributed by atoms with E-state index < -0.39 is 0 Å². The average Bonchev–Trinajstić information content (AvgIpc) is 3.30. The molecule has 6 aliphatic rings. The van der Waals surface area contributed by atoms with Gasteiger partial charge in [0.2, 0.25) is 0 Å². The Balaban J connectivity index is 1.44. The molecule has 0 N–H and O–H groups in total. The number of hydrogen-bond acceptors (Lipinski definition) is 3. The summed E-state index contributed by atoms with van der Waals surface area (Å²) in [4.78, 5) is 24.1. The van der Waals surface area contributed by atoms with E-state index in [1.807, 2.05) is 6.08 Å². The maximum Gasteiger partial charge on any atom is 0.306 e. The SMILES string of the molecule is C=CCC12CCC3C4CCC(=O)C=C4C=CC3C1[C@H]1C[C@H]1C21CCC(=O)O1. The molecule has 0 aromatic carbocycles. The van der Waals surface area contributed by atoms with Gasteiger partial charge in [-0.3, -0.25) is 9.59 Å². The summed E-state index contributed by atoms with van der Waals surface area (Å²) >= 11 is 0. The quantitative estimate of drug-likeness (QED) is 0.539. The highest BCUT2D eigenvalue weighted by Gasteiger charge is 2.79. The first-order valence-electron chi connectivity index (χ1n) is 10.8. The molecule has 142 valence electrons. The van der Waals surface area contributed by atoms with E-state index in [0.717, 1.165) is 25.7 Å². The van der Waals surface area contributed by atoms with Crippen LogP contribution in [0.15, 0.2) is 36.5 Å². The van der Waals surface area contributed by atoms with Crippen molar-refractivity contribution in [2.45, 2.75) is 57.0 Å². The highest BCUT2D eigenvalue weighted by Crippen LogP contribution is 2.79. The van der Waals surface area contributed by atoms with Crippen molar-refractivity contribution in [3.8, 4) is 0 Å². The maximum atomic E-state index is 12.2. The molecule has 0 bridgehead atoms. The van der Waals surface area contributed by atoms with Crippen molar-refractivity contribution in [1.29, 1.82) is 0 Å². The van der Waals surface area contributed by atoms with E-state index in [-0.39, 0.29) is 17.0 Å². The van der Waals surface area contributed by atoms with Gasteiger partial charge in [0.1, 0.15) is 5.60 Å². The lowest BCUT2D eigenvalue weighted by molar-refractivity contribution is -0.174. The number of hydrogen-bond donors (Lipinski definition) is 0. The first-order chi connectivity index (χ1) is 13.1. The van der Waals surface area contributed by atoms with Gasteiger partial charge in [0, 0.05) is 24.2 Å². The number of allylic oxidation sites excluding steroid dienone is 5. The number of fused-ring (bicyclic) bond motifs is 9. The van der Waals surface area contributed by atoms with E-state index >= 15 is 0 Å². The highest BCUT2D eigenvalue weighted by atomic mass is 16.6. The van der Waals surface area contributed by atoms with Gasteiger partial charge >= 0.3 is 5.97 Å². The summed E-state index contributed by atoms with van der Waals surface area (Å²) in [6.45, 7) is 4.10. The molecule has 0 amide bonds. The molecule has 4 fully saturated rings. The lowest BCUT2D eigenvalue weighted by atomic mass is 9.49. The fourth-order valence-corrected chi connectivity index (χ4v) is 8.41. The van der Waals surface area contributed by atoms with Gasteiger partial charge in [-0.1, -0.05) is 18.2 Å². The summed E-state index contributed by atoms with van der Waals surface area (Å²) in [5.41, 5.74) is 1.15. The van der Waals surface area contributed by atoms with Crippen LogP contribution in [0.4, 0.5) is 0 Å². The first kappa shape index (κ1) is 16.3. The van der Waals surface area contributed by atoms with E-state index in [4.69, 9.17) is 4.74 Å². The van der Waals surface area contributed by atoms with E-state index in [1.165, 1.54) is 18.4 Å². The van der Waals surface area contributed by atoms with E-state index in [9.17, 15) is 9.59 Å². The normalized spacial score (nSPS) is 51.8. The fourth-order valence-electron chi connectivity index (χ4n) is 8.41.